The fourth-order valence-electron chi connectivity index (χ4n) is 4.48. The molecule has 0 radical (unpaired) electrons. The van der Waals surface area contributed by atoms with Crippen molar-refractivity contribution < 1.29 is 19.3 Å². The van der Waals surface area contributed by atoms with Crippen molar-refractivity contribution in [3.05, 3.63) is 59.2 Å². The zero-order valence-corrected chi connectivity index (χ0v) is 17.6. The van der Waals surface area contributed by atoms with Crippen LogP contribution in [0.3, 0.4) is 0 Å². The molecule has 29 heavy (non-hydrogen) atoms. The van der Waals surface area contributed by atoms with E-state index in [4.69, 9.17) is 4.74 Å². The topological polar surface area (TPSA) is 47.2 Å². The Labute approximate surface area is 173 Å². The third-order valence-corrected chi connectivity index (χ3v) is 6.14. The Morgan fingerprint density at radius 1 is 1.07 bits per heavy atom. The molecule has 2 aliphatic rings. The van der Waals surface area contributed by atoms with Crippen LogP contribution in [0.2, 0.25) is 0 Å². The number of benzene rings is 2. The molecule has 0 aromatic heterocycles. The number of quaternary nitrogens is 2. The first-order chi connectivity index (χ1) is 14.1. The van der Waals surface area contributed by atoms with Gasteiger partial charge in [0, 0.05) is 17.7 Å². The number of para-hydroxylation sites is 1. The van der Waals surface area contributed by atoms with Crippen LogP contribution in [-0.2, 0) is 17.8 Å². The number of fused-ring (bicyclic) bond motifs is 1. The number of carbonyl (C=O) groups excluding carboxylic acids is 1. The SMILES string of the molecule is CC(C)c1ccccc1NC(=O)C[NH+]1CC[NH+](Cc2ccc3c(c2)CCO3)CC1. The highest BCUT2D eigenvalue weighted by Crippen LogP contribution is 2.25. The third kappa shape index (κ3) is 4.98. The highest BCUT2D eigenvalue weighted by atomic mass is 16.5. The van der Waals surface area contributed by atoms with Crippen molar-refractivity contribution in [1.29, 1.82) is 0 Å². The minimum Gasteiger partial charge on any atom is -0.493 e. The summed E-state index contributed by atoms with van der Waals surface area (Å²) in [5.41, 5.74) is 4.90. The molecule has 3 N–H and O–H groups in total. The lowest BCUT2D eigenvalue weighted by atomic mass is 10.0. The maximum absolute atomic E-state index is 12.6. The lowest BCUT2D eigenvalue weighted by molar-refractivity contribution is -1.02. The molecule has 2 aliphatic heterocycles. The smallest absolute Gasteiger partial charge is 0.279 e. The first kappa shape index (κ1) is 19.9. The molecule has 0 spiro atoms. The van der Waals surface area contributed by atoms with E-state index in [-0.39, 0.29) is 5.91 Å². The van der Waals surface area contributed by atoms with Crippen molar-refractivity contribution in [3.63, 3.8) is 0 Å². The normalized spacial score (nSPS) is 20.9. The van der Waals surface area contributed by atoms with Crippen LogP contribution in [0, 0.1) is 0 Å². The molecular formula is C24H33N3O2+2. The molecule has 0 unspecified atom stereocenters. The van der Waals surface area contributed by atoms with Gasteiger partial charge in [-0.05, 0) is 41.3 Å². The van der Waals surface area contributed by atoms with Crippen LogP contribution >= 0.6 is 0 Å². The van der Waals surface area contributed by atoms with Gasteiger partial charge in [0.2, 0.25) is 0 Å². The first-order valence-electron chi connectivity index (χ1n) is 10.9. The van der Waals surface area contributed by atoms with Gasteiger partial charge >= 0.3 is 0 Å². The van der Waals surface area contributed by atoms with E-state index in [0.29, 0.717) is 12.5 Å². The van der Waals surface area contributed by atoms with E-state index in [9.17, 15) is 4.79 Å². The highest BCUT2D eigenvalue weighted by Gasteiger charge is 2.25. The van der Waals surface area contributed by atoms with Gasteiger partial charge in [0.05, 0.1) is 6.61 Å². The van der Waals surface area contributed by atoms with Crippen molar-refractivity contribution in [3.8, 4) is 5.75 Å². The quantitative estimate of drug-likeness (QED) is 0.673. The molecule has 1 fully saturated rings. The van der Waals surface area contributed by atoms with Gasteiger partial charge in [0.1, 0.15) is 38.5 Å². The maximum Gasteiger partial charge on any atom is 0.279 e. The van der Waals surface area contributed by atoms with Crippen molar-refractivity contribution in [2.45, 2.75) is 32.7 Å². The molecule has 2 heterocycles. The van der Waals surface area contributed by atoms with Crippen molar-refractivity contribution in [2.24, 2.45) is 0 Å². The van der Waals surface area contributed by atoms with E-state index in [1.807, 2.05) is 18.2 Å². The van der Waals surface area contributed by atoms with Crippen LogP contribution in [0.1, 0.15) is 36.5 Å². The molecule has 0 atom stereocenters. The number of anilines is 1. The summed E-state index contributed by atoms with van der Waals surface area (Å²) >= 11 is 0. The molecule has 2 aromatic carbocycles. The van der Waals surface area contributed by atoms with Gasteiger partial charge in [-0.3, -0.25) is 4.79 Å². The van der Waals surface area contributed by atoms with Gasteiger partial charge in [-0.2, -0.15) is 0 Å². The van der Waals surface area contributed by atoms with Crippen molar-refractivity contribution in [1.82, 2.24) is 0 Å². The van der Waals surface area contributed by atoms with Gasteiger partial charge in [-0.1, -0.05) is 32.0 Å². The van der Waals surface area contributed by atoms with Crippen LogP contribution in [0.5, 0.6) is 5.75 Å². The minimum atomic E-state index is 0.121. The molecule has 5 heteroatoms. The average Bonchev–Trinajstić information content (AvgIpc) is 3.17. The molecule has 2 aromatic rings. The summed E-state index contributed by atoms with van der Waals surface area (Å²) in [6.45, 7) is 11.1. The van der Waals surface area contributed by atoms with E-state index in [2.05, 4.69) is 43.4 Å². The van der Waals surface area contributed by atoms with E-state index >= 15 is 0 Å². The Hall–Kier alpha value is -2.37. The third-order valence-electron chi connectivity index (χ3n) is 6.14. The average molecular weight is 396 g/mol. The molecule has 1 saturated heterocycles. The lowest BCUT2D eigenvalue weighted by Gasteiger charge is -2.29. The van der Waals surface area contributed by atoms with Gasteiger partial charge < -0.3 is 19.9 Å². The number of rotatable bonds is 6. The highest BCUT2D eigenvalue weighted by molar-refractivity contribution is 5.92. The number of ether oxygens (including phenoxy) is 1. The molecule has 0 saturated carbocycles. The Kier molecular flexibility index (Phi) is 6.16. The Balaban J connectivity index is 1.25. The van der Waals surface area contributed by atoms with E-state index in [1.165, 1.54) is 21.6 Å². The summed E-state index contributed by atoms with van der Waals surface area (Å²) in [6, 6.07) is 14.8. The largest absolute Gasteiger partial charge is 0.493 e. The summed E-state index contributed by atoms with van der Waals surface area (Å²) in [6.07, 6.45) is 1.03. The Bertz CT molecular complexity index is 857. The molecule has 0 bridgehead atoms. The second-order valence-corrected chi connectivity index (χ2v) is 8.68. The van der Waals surface area contributed by atoms with Gasteiger partial charge in [0.25, 0.3) is 5.91 Å². The summed E-state index contributed by atoms with van der Waals surface area (Å²) in [4.78, 5) is 15.6. The Morgan fingerprint density at radius 2 is 1.83 bits per heavy atom. The summed E-state index contributed by atoms with van der Waals surface area (Å²) in [7, 11) is 0. The maximum atomic E-state index is 12.6. The first-order valence-corrected chi connectivity index (χ1v) is 10.9. The summed E-state index contributed by atoms with van der Waals surface area (Å²) in [5, 5.41) is 3.14. The molecule has 5 nitrogen and oxygen atoms in total. The number of hydrogen-bond acceptors (Lipinski definition) is 2. The standard InChI is InChI=1S/C24H31N3O2/c1-18(2)21-5-3-4-6-22(21)25-24(28)17-27-12-10-26(11-13-27)16-19-7-8-23-20(15-19)9-14-29-23/h3-8,15,18H,9-14,16-17H2,1-2H3,(H,25,28)/p+2. The second kappa shape index (κ2) is 8.97. The zero-order chi connectivity index (χ0) is 20.2. The zero-order valence-electron chi connectivity index (χ0n) is 17.6. The molecule has 0 aliphatic carbocycles. The fourth-order valence-corrected chi connectivity index (χ4v) is 4.48. The lowest BCUT2D eigenvalue weighted by Crippen LogP contribution is -3.28. The van der Waals surface area contributed by atoms with E-state index in [1.54, 1.807) is 4.90 Å². The fraction of sp³-hybridized carbons (Fsp3) is 0.458. The molecular weight excluding hydrogens is 362 g/mol. The predicted molar refractivity (Wildman–Crippen MR) is 115 cm³/mol. The van der Waals surface area contributed by atoms with Gasteiger partial charge in [-0.15, -0.1) is 0 Å². The summed E-state index contributed by atoms with van der Waals surface area (Å²) < 4.78 is 5.61. The number of hydrogen-bond donors (Lipinski definition) is 3. The minimum absolute atomic E-state index is 0.121. The number of carbonyl (C=O) groups is 1. The molecule has 1 amide bonds. The van der Waals surface area contributed by atoms with Crippen LogP contribution in [0.25, 0.3) is 0 Å². The van der Waals surface area contributed by atoms with Crippen molar-refractivity contribution in [2.75, 3.05) is 44.6 Å². The summed E-state index contributed by atoms with van der Waals surface area (Å²) in [5.74, 6) is 1.58. The monoisotopic (exact) mass is 395 g/mol. The number of amides is 1. The van der Waals surface area contributed by atoms with Crippen LogP contribution in [0.15, 0.2) is 42.5 Å². The van der Waals surface area contributed by atoms with E-state index in [0.717, 1.165) is 57.2 Å². The van der Waals surface area contributed by atoms with Gasteiger partial charge in [-0.25, -0.2) is 0 Å². The molecule has 4 rings (SSSR count). The van der Waals surface area contributed by atoms with Gasteiger partial charge in [0.15, 0.2) is 6.54 Å². The van der Waals surface area contributed by atoms with Crippen molar-refractivity contribution >= 4 is 11.6 Å². The van der Waals surface area contributed by atoms with Crippen LogP contribution in [-0.4, -0.2) is 45.2 Å². The van der Waals surface area contributed by atoms with Crippen LogP contribution in [0.4, 0.5) is 5.69 Å². The van der Waals surface area contributed by atoms with E-state index < -0.39 is 0 Å². The Morgan fingerprint density at radius 3 is 2.62 bits per heavy atom. The number of nitrogens with one attached hydrogen (secondary N) is 3. The van der Waals surface area contributed by atoms with Crippen LogP contribution < -0.4 is 19.9 Å². The molecule has 154 valence electrons. The second-order valence-electron chi connectivity index (χ2n) is 8.68. The number of piperazine rings is 1. The predicted octanol–water partition coefficient (Wildman–Crippen LogP) is 0.667.